The maximum atomic E-state index is 14.8. The van der Waals surface area contributed by atoms with Gasteiger partial charge in [-0.1, -0.05) is 6.07 Å². The van der Waals surface area contributed by atoms with Gasteiger partial charge < -0.3 is 30.2 Å². The number of hydrogen-bond donors (Lipinski definition) is 2. The highest BCUT2D eigenvalue weighted by atomic mass is 19.1. The molecule has 0 bridgehead atoms. The van der Waals surface area contributed by atoms with Gasteiger partial charge in [0.05, 0.1) is 6.20 Å². The average Bonchev–Trinajstić information content (AvgIpc) is 3.47. The number of hydrogen-bond acceptors (Lipinski definition) is 9. The molecule has 264 valence electrons. The standard InChI is InChI=1S/C35H48F2N10O2/c1-43-14-18-45(19-15-43)32(48)23-6-10-25(11-7-23)39-34-38-22-29-31(42-34)47(35(40-29)41-30-27(36)4-3-5-28(30)37)26-12-8-24(9-13-26)33(49)46-20-16-44(2)17-21-46/h3-5,22-26H,6-21H2,1-2H3,(H,40,41)(H,38,39,42)/t23-,24?,25-,26?. The number of nitrogens with one attached hydrogen (secondary N) is 2. The van der Waals surface area contributed by atoms with Crippen molar-refractivity contribution in [3.05, 3.63) is 36.0 Å². The summed E-state index contributed by atoms with van der Waals surface area (Å²) in [6.45, 7) is 6.71. The van der Waals surface area contributed by atoms with E-state index in [4.69, 9.17) is 9.97 Å². The summed E-state index contributed by atoms with van der Waals surface area (Å²) in [4.78, 5) is 49.2. The molecule has 4 fully saturated rings. The van der Waals surface area contributed by atoms with E-state index in [0.717, 1.165) is 90.9 Å². The third-order valence-corrected chi connectivity index (χ3v) is 11.1. The van der Waals surface area contributed by atoms with Crippen LogP contribution in [0.1, 0.15) is 57.4 Å². The van der Waals surface area contributed by atoms with Crippen molar-refractivity contribution in [2.75, 3.05) is 77.1 Å². The first-order valence-corrected chi connectivity index (χ1v) is 17.9. The fourth-order valence-corrected chi connectivity index (χ4v) is 7.94. The molecule has 2 saturated carbocycles. The molecule has 0 atom stereocenters. The van der Waals surface area contributed by atoms with Crippen LogP contribution < -0.4 is 10.6 Å². The van der Waals surface area contributed by atoms with Crippen molar-refractivity contribution in [2.45, 2.75) is 63.5 Å². The van der Waals surface area contributed by atoms with E-state index in [1.165, 1.54) is 18.2 Å². The van der Waals surface area contributed by atoms with Gasteiger partial charge in [-0.3, -0.25) is 14.2 Å². The second-order valence-electron chi connectivity index (χ2n) is 14.4. The summed E-state index contributed by atoms with van der Waals surface area (Å²) in [5.74, 6) is -0.156. The quantitative estimate of drug-likeness (QED) is 0.382. The topological polar surface area (TPSA) is 115 Å². The molecule has 4 aliphatic rings. The van der Waals surface area contributed by atoms with Gasteiger partial charge in [0.2, 0.25) is 23.7 Å². The average molecular weight is 679 g/mol. The Balaban J connectivity index is 1.07. The highest BCUT2D eigenvalue weighted by molar-refractivity contribution is 5.80. The predicted molar refractivity (Wildman–Crippen MR) is 183 cm³/mol. The number of carbonyl (C=O) groups excluding carboxylic acids is 2. The zero-order valence-corrected chi connectivity index (χ0v) is 28.6. The Hall–Kier alpha value is -3.91. The third kappa shape index (κ3) is 7.35. The molecule has 7 rings (SSSR count). The maximum Gasteiger partial charge on any atom is 0.225 e. The predicted octanol–water partition coefficient (Wildman–Crippen LogP) is 4.10. The van der Waals surface area contributed by atoms with E-state index in [1.807, 2.05) is 14.4 Å². The van der Waals surface area contributed by atoms with Gasteiger partial charge in [0, 0.05) is 76.3 Å². The number of aromatic nitrogens is 4. The van der Waals surface area contributed by atoms with E-state index in [-0.39, 0.29) is 41.4 Å². The molecule has 14 heteroatoms. The Morgan fingerprint density at radius 3 is 1.82 bits per heavy atom. The number of benzene rings is 1. The normalized spacial score (nSPS) is 25.8. The number of carbonyl (C=O) groups is 2. The molecular weight excluding hydrogens is 630 g/mol. The van der Waals surface area contributed by atoms with Gasteiger partial charge in [-0.15, -0.1) is 0 Å². The molecule has 2 amide bonds. The molecular formula is C35H48F2N10O2. The van der Waals surface area contributed by atoms with Crippen molar-refractivity contribution < 1.29 is 18.4 Å². The number of anilines is 3. The second kappa shape index (κ2) is 14.5. The summed E-state index contributed by atoms with van der Waals surface area (Å²) < 4.78 is 31.5. The third-order valence-electron chi connectivity index (χ3n) is 11.1. The number of para-hydroxylation sites is 1. The van der Waals surface area contributed by atoms with E-state index >= 15 is 0 Å². The van der Waals surface area contributed by atoms with Crippen LogP contribution >= 0.6 is 0 Å². The second-order valence-corrected chi connectivity index (χ2v) is 14.4. The smallest absolute Gasteiger partial charge is 0.225 e. The van der Waals surface area contributed by atoms with E-state index in [2.05, 4.69) is 39.5 Å². The highest BCUT2D eigenvalue weighted by Gasteiger charge is 2.34. The van der Waals surface area contributed by atoms with Crippen molar-refractivity contribution >= 4 is 40.6 Å². The first-order valence-electron chi connectivity index (χ1n) is 17.9. The SMILES string of the molecule is CN1CCN(C(=O)C2CCC(n3c(Nc4c(F)cccc4F)nc4cnc(N[C@H]5CC[C@H](C(=O)N6CCN(C)CC6)CC5)nc43)CC2)CC1. The van der Waals surface area contributed by atoms with Crippen LogP contribution in [0.2, 0.25) is 0 Å². The first-order chi connectivity index (χ1) is 23.7. The van der Waals surface area contributed by atoms with Crippen LogP contribution in [0.15, 0.2) is 24.4 Å². The minimum absolute atomic E-state index is 0.0417. The lowest BCUT2D eigenvalue weighted by Crippen LogP contribution is -2.49. The van der Waals surface area contributed by atoms with Gasteiger partial charge in [-0.2, -0.15) is 4.98 Å². The summed E-state index contributed by atoms with van der Waals surface area (Å²) in [5.41, 5.74) is 0.818. The van der Waals surface area contributed by atoms with Crippen LogP contribution in [0.3, 0.4) is 0 Å². The number of piperazine rings is 2. The Morgan fingerprint density at radius 2 is 1.27 bits per heavy atom. The molecule has 4 heterocycles. The summed E-state index contributed by atoms with van der Waals surface area (Å²) in [5, 5.41) is 6.42. The van der Waals surface area contributed by atoms with Crippen molar-refractivity contribution in [3.8, 4) is 0 Å². The Bertz CT molecular complexity index is 1620. The summed E-state index contributed by atoms with van der Waals surface area (Å²) in [6.07, 6.45) is 7.83. The Kier molecular flexibility index (Phi) is 9.95. The lowest BCUT2D eigenvalue weighted by molar-refractivity contribution is -0.139. The molecule has 3 aromatic rings. The minimum Gasteiger partial charge on any atom is -0.351 e. The number of likely N-dealkylation sites (N-methyl/N-ethyl adjacent to an activating group) is 2. The van der Waals surface area contributed by atoms with E-state index in [1.54, 1.807) is 6.20 Å². The first kappa shape index (κ1) is 33.6. The summed E-state index contributed by atoms with van der Waals surface area (Å²) in [7, 11) is 4.17. The van der Waals surface area contributed by atoms with Crippen LogP contribution in [-0.2, 0) is 9.59 Å². The summed E-state index contributed by atoms with van der Waals surface area (Å²) in [6, 6.07) is 3.81. The monoisotopic (exact) mass is 678 g/mol. The maximum absolute atomic E-state index is 14.8. The zero-order chi connectivity index (χ0) is 34.1. The van der Waals surface area contributed by atoms with Gasteiger partial charge in [0.1, 0.15) is 22.8 Å². The van der Waals surface area contributed by atoms with Gasteiger partial charge in [0.25, 0.3) is 0 Å². The highest BCUT2D eigenvalue weighted by Crippen LogP contribution is 2.38. The van der Waals surface area contributed by atoms with Crippen molar-refractivity contribution in [1.29, 1.82) is 0 Å². The van der Waals surface area contributed by atoms with Crippen molar-refractivity contribution in [2.24, 2.45) is 11.8 Å². The largest absolute Gasteiger partial charge is 0.351 e. The van der Waals surface area contributed by atoms with Gasteiger partial charge in [-0.25, -0.2) is 18.7 Å². The molecule has 1 aromatic carbocycles. The Morgan fingerprint density at radius 1 is 0.735 bits per heavy atom. The fourth-order valence-electron chi connectivity index (χ4n) is 7.94. The lowest BCUT2D eigenvalue weighted by atomic mass is 9.85. The van der Waals surface area contributed by atoms with Crippen LogP contribution in [0, 0.1) is 23.5 Å². The summed E-state index contributed by atoms with van der Waals surface area (Å²) >= 11 is 0. The molecule has 2 N–H and O–H groups in total. The molecule has 2 aliphatic heterocycles. The fraction of sp³-hybridized carbons (Fsp3) is 0.629. The lowest BCUT2D eigenvalue weighted by Gasteiger charge is -2.37. The number of rotatable bonds is 7. The number of nitrogens with zero attached hydrogens (tertiary/aromatic N) is 8. The van der Waals surface area contributed by atoms with Crippen LogP contribution in [-0.4, -0.2) is 123 Å². The van der Waals surface area contributed by atoms with Crippen molar-refractivity contribution in [1.82, 2.24) is 39.1 Å². The van der Waals surface area contributed by atoms with E-state index in [0.29, 0.717) is 35.9 Å². The molecule has 2 aromatic heterocycles. The molecule has 0 spiro atoms. The molecule has 12 nitrogen and oxygen atoms in total. The van der Waals surface area contributed by atoms with Gasteiger partial charge in [0.15, 0.2) is 5.65 Å². The van der Waals surface area contributed by atoms with Crippen LogP contribution in [0.25, 0.3) is 11.2 Å². The number of halogens is 2. The molecule has 0 unspecified atom stereocenters. The number of fused-ring (bicyclic) bond motifs is 1. The van der Waals surface area contributed by atoms with Gasteiger partial charge in [-0.05, 0) is 77.6 Å². The number of imidazole rings is 1. The zero-order valence-electron chi connectivity index (χ0n) is 28.6. The van der Waals surface area contributed by atoms with Gasteiger partial charge >= 0.3 is 0 Å². The Labute approximate surface area is 286 Å². The minimum atomic E-state index is -0.713. The van der Waals surface area contributed by atoms with Crippen LogP contribution in [0.4, 0.5) is 26.4 Å². The van der Waals surface area contributed by atoms with E-state index < -0.39 is 11.6 Å². The molecule has 0 radical (unpaired) electrons. The van der Waals surface area contributed by atoms with Crippen LogP contribution in [0.5, 0.6) is 0 Å². The molecule has 2 saturated heterocycles. The number of amides is 2. The molecule has 2 aliphatic carbocycles. The molecule has 49 heavy (non-hydrogen) atoms. The van der Waals surface area contributed by atoms with Crippen molar-refractivity contribution in [3.63, 3.8) is 0 Å². The van der Waals surface area contributed by atoms with E-state index in [9.17, 15) is 18.4 Å².